The summed E-state index contributed by atoms with van der Waals surface area (Å²) in [4.78, 5) is 7.04. The summed E-state index contributed by atoms with van der Waals surface area (Å²) in [7, 11) is 0. The minimum Gasteiger partial charge on any atom is -0.378 e. The van der Waals surface area contributed by atoms with Crippen molar-refractivity contribution in [1.29, 1.82) is 0 Å². The second-order valence-electron chi connectivity index (χ2n) is 4.38. The highest BCUT2D eigenvalue weighted by Crippen LogP contribution is 2.20. The zero-order chi connectivity index (χ0) is 11.1. The highest BCUT2D eigenvalue weighted by Gasteiger charge is 2.14. The van der Waals surface area contributed by atoms with Crippen molar-refractivity contribution >= 4 is 12.4 Å². The van der Waals surface area contributed by atoms with Crippen LogP contribution in [0, 0.1) is 0 Å². The minimum absolute atomic E-state index is 0. The van der Waals surface area contributed by atoms with Gasteiger partial charge in [-0.1, -0.05) is 12.8 Å². The van der Waals surface area contributed by atoms with Crippen LogP contribution in [-0.4, -0.2) is 29.2 Å². The van der Waals surface area contributed by atoms with E-state index in [4.69, 9.17) is 4.74 Å². The first-order chi connectivity index (χ1) is 7.95. The van der Waals surface area contributed by atoms with E-state index in [1.165, 1.54) is 25.7 Å². The molecule has 1 heterocycles. The largest absolute Gasteiger partial charge is 0.378 e. The zero-order valence-electron chi connectivity index (χ0n) is 10.2. The Balaban J connectivity index is 0.00000144. The lowest BCUT2D eigenvalue weighted by molar-refractivity contribution is 0.0568. The molecule has 0 aliphatic heterocycles. The SMILES string of the molecule is Cl.c1ncc(CNCCCOC2CCCC2)[nH]1. The Labute approximate surface area is 109 Å². The van der Waals surface area contributed by atoms with Gasteiger partial charge in [0.15, 0.2) is 0 Å². The van der Waals surface area contributed by atoms with Gasteiger partial charge in [-0.25, -0.2) is 4.98 Å². The number of imidazole rings is 1. The molecule has 0 atom stereocenters. The van der Waals surface area contributed by atoms with Crippen LogP contribution < -0.4 is 5.32 Å². The van der Waals surface area contributed by atoms with Gasteiger partial charge in [-0.3, -0.25) is 0 Å². The average Bonchev–Trinajstić information content (AvgIpc) is 2.96. The molecule has 17 heavy (non-hydrogen) atoms. The summed E-state index contributed by atoms with van der Waals surface area (Å²) >= 11 is 0. The van der Waals surface area contributed by atoms with Crippen LogP contribution in [0.2, 0.25) is 0 Å². The molecule has 2 rings (SSSR count). The van der Waals surface area contributed by atoms with Crippen molar-refractivity contribution in [3.05, 3.63) is 18.2 Å². The number of aromatic nitrogens is 2. The third-order valence-electron chi connectivity index (χ3n) is 3.02. The van der Waals surface area contributed by atoms with Crippen molar-refractivity contribution in [3.63, 3.8) is 0 Å². The van der Waals surface area contributed by atoms with E-state index in [9.17, 15) is 0 Å². The molecular weight excluding hydrogens is 238 g/mol. The molecule has 5 heteroatoms. The van der Waals surface area contributed by atoms with Crippen molar-refractivity contribution in [3.8, 4) is 0 Å². The van der Waals surface area contributed by atoms with Crippen LogP contribution in [0.1, 0.15) is 37.8 Å². The van der Waals surface area contributed by atoms with Gasteiger partial charge in [-0.2, -0.15) is 0 Å². The monoisotopic (exact) mass is 259 g/mol. The maximum atomic E-state index is 5.78. The van der Waals surface area contributed by atoms with Gasteiger partial charge < -0.3 is 15.0 Å². The zero-order valence-corrected chi connectivity index (χ0v) is 11.0. The predicted octanol–water partition coefficient (Wildman–Crippen LogP) is 2.27. The topological polar surface area (TPSA) is 49.9 Å². The third kappa shape index (κ3) is 5.52. The first-order valence-electron chi connectivity index (χ1n) is 6.25. The minimum atomic E-state index is 0. The van der Waals surface area contributed by atoms with E-state index in [0.29, 0.717) is 6.10 Å². The standard InChI is InChI=1S/C12H21N3O.ClH/c1-2-5-12(4-1)16-7-3-6-13-8-11-9-14-10-15-11;/h9-10,12-13H,1-8H2,(H,14,15);1H. The summed E-state index contributed by atoms with van der Waals surface area (Å²) in [6.07, 6.45) is 10.4. The van der Waals surface area contributed by atoms with E-state index in [1.54, 1.807) is 6.33 Å². The van der Waals surface area contributed by atoms with Gasteiger partial charge in [0.1, 0.15) is 0 Å². The van der Waals surface area contributed by atoms with Crippen LogP contribution in [-0.2, 0) is 11.3 Å². The van der Waals surface area contributed by atoms with Crippen LogP contribution in [0.5, 0.6) is 0 Å². The van der Waals surface area contributed by atoms with Gasteiger partial charge >= 0.3 is 0 Å². The number of rotatable bonds is 7. The lowest BCUT2D eigenvalue weighted by Crippen LogP contribution is -2.18. The first kappa shape index (κ1) is 14.5. The molecule has 1 fully saturated rings. The molecule has 98 valence electrons. The van der Waals surface area contributed by atoms with Crippen molar-refractivity contribution in [1.82, 2.24) is 15.3 Å². The second-order valence-corrected chi connectivity index (χ2v) is 4.38. The molecule has 1 aliphatic rings. The number of nitrogens with zero attached hydrogens (tertiary/aromatic N) is 1. The molecule has 1 aromatic rings. The maximum absolute atomic E-state index is 5.78. The maximum Gasteiger partial charge on any atom is 0.0922 e. The van der Waals surface area contributed by atoms with Gasteiger partial charge in [0.25, 0.3) is 0 Å². The Morgan fingerprint density at radius 1 is 1.41 bits per heavy atom. The number of nitrogens with one attached hydrogen (secondary N) is 2. The van der Waals surface area contributed by atoms with Crippen molar-refractivity contribution in [2.75, 3.05) is 13.2 Å². The van der Waals surface area contributed by atoms with E-state index in [0.717, 1.165) is 31.8 Å². The Kier molecular flexibility index (Phi) is 7.24. The molecule has 0 aromatic carbocycles. The fourth-order valence-corrected chi connectivity index (χ4v) is 2.11. The number of ether oxygens (including phenoxy) is 1. The Hall–Kier alpha value is -0.580. The smallest absolute Gasteiger partial charge is 0.0922 e. The third-order valence-corrected chi connectivity index (χ3v) is 3.02. The summed E-state index contributed by atoms with van der Waals surface area (Å²) in [5.74, 6) is 0. The second kappa shape index (κ2) is 8.50. The van der Waals surface area contributed by atoms with E-state index < -0.39 is 0 Å². The van der Waals surface area contributed by atoms with E-state index in [-0.39, 0.29) is 12.4 Å². The van der Waals surface area contributed by atoms with E-state index >= 15 is 0 Å². The molecular formula is C12H22ClN3O. The molecule has 2 N–H and O–H groups in total. The van der Waals surface area contributed by atoms with Crippen molar-refractivity contribution in [2.45, 2.75) is 44.8 Å². The van der Waals surface area contributed by atoms with Crippen LogP contribution in [0.3, 0.4) is 0 Å². The molecule has 1 saturated carbocycles. The first-order valence-corrected chi connectivity index (χ1v) is 6.25. The fraction of sp³-hybridized carbons (Fsp3) is 0.750. The molecule has 0 unspecified atom stereocenters. The highest BCUT2D eigenvalue weighted by molar-refractivity contribution is 5.85. The molecule has 4 nitrogen and oxygen atoms in total. The number of halogens is 1. The average molecular weight is 260 g/mol. The summed E-state index contributed by atoms with van der Waals surface area (Å²) < 4.78 is 5.78. The molecule has 1 aromatic heterocycles. The summed E-state index contributed by atoms with van der Waals surface area (Å²) in [5.41, 5.74) is 1.14. The molecule has 0 amide bonds. The Bertz CT molecular complexity index is 273. The fourth-order valence-electron chi connectivity index (χ4n) is 2.11. The molecule has 1 aliphatic carbocycles. The van der Waals surface area contributed by atoms with Crippen LogP contribution in [0.15, 0.2) is 12.5 Å². The number of H-pyrrole nitrogens is 1. The lowest BCUT2D eigenvalue weighted by atomic mass is 10.3. The quantitative estimate of drug-likeness (QED) is 0.739. The molecule has 0 radical (unpaired) electrons. The summed E-state index contributed by atoms with van der Waals surface area (Å²) in [5, 5.41) is 3.36. The van der Waals surface area contributed by atoms with Crippen molar-refractivity contribution in [2.24, 2.45) is 0 Å². The Morgan fingerprint density at radius 2 is 2.24 bits per heavy atom. The van der Waals surface area contributed by atoms with Crippen LogP contribution in [0.25, 0.3) is 0 Å². The normalized spacial score (nSPS) is 16.0. The lowest BCUT2D eigenvalue weighted by Gasteiger charge is -2.10. The van der Waals surface area contributed by atoms with Crippen molar-refractivity contribution < 1.29 is 4.74 Å². The van der Waals surface area contributed by atoms with Crippen LogP contribution >= 0.6 is 12.4 Å². The van der Waals surface area contributed by atoms with Gasteiger partial charge in [-0.15, -0.1) is 12.4 Å². The summed E-state index contributed by atoms with van der Waals surface area (Å²) in [6, 6.07) is 0. The van der Waals surface area contributed by atoms with Gasteiger partial charge in [0.2, 0.25) is 0 Å². The van der Waals surface area contributed by atoms with Crippen LogP contribution in [0.4, 0.5) is 0 Å². The molecule has 0 saturated heterocycles. The molecule has 0 spiro atoms. The number of hydrogen-bond acceptors (Lipinski definition) is 3. The van der Waals surface area contributed by atoms with Gasteiger partial charge in [0.05, 0.1) is 12.4 Å². The number of aromatic amines is 1. The van der Waals surface area contributed by atoms with Gasteiger partial charge in [0, 0.05) is 25.0 Å². The number of hydrogen-bond donors (Lipinski definition) is 2. The van der Waals surface area contributed by atoms with Gasteiger partial charge in [-0.05, 0) is 25.8 Å². The van der Waals surface area contributed by atoms with E-state index in [1.807, 2.05) is 6.20 Å². The predicted molar refractivity (Wildman–Crippen MR) is 70.4 cm³/mol. The Morgan fingerprint density at radius 3 is 2.94 bits per heavy atom. The summed E-state index contributed by atoms with van der Waals surface area (Å²) in [6.45, 7) is 2.76. The molecule has 0 bridgehead atoms. The van der Waals surface area contributed by atoms with E-state index in [2.05, 4.69) is 15.3 Å². The highest BCUT2D eigenvalue weighted by atomic mass is 35.5.